The van der Waals surface area contributed by atoms with Crippen LogP contribution in [0.3, 0.4) is 0 Å². The van der Waals surface area contributed by atoms with Gasteiger partial charge in [0.05, 0.1) is 25.9 Å². The SMILES string of the molecule is COc1ccc(Cc2cc(C3(OC)CC(O)CC(CO)O3)c3c(c2Br)CCC3)cc1. The molecule has 3 atom stereocenters. The van der Waals surface area contributed by atoms with Gasteiger partial charge >= 0.3 is 0 Å². The Hall–Kier alpha value is -1.44. The molecule has 0 radical (unpaired) electrons. The molecule has 4 rings (SSSR count). The van der Waals surface area contributed by atoms with Crippen molar-refractivity contribution in [1.29, 1.82) is 0 Å². The fraction of sp³-hybridized carbons (Fsp3) is 0.500. The summed E-state index contributed by atoms with van der Waals surface area (Å²) in [7, 11) is 3.29. The highest BCUT2D eigenvalue weighted by Crippen LogP contribution is 2.45. The Morgan fingerprint density at radius 2 is 1.90 bits per heavy atom. The lowest BCUT2D eigenvalue weighted by molar-refractivity contribution is -0.299. The van der Waals surface area contributed by atoms with Crippen molar-refractivity contribution in [2.45, 2.75) is 56.5 Å². The largest absolute Gasteiger partial charge is 0.497 e. The molecule has 3 unspecified atom stereocenters. The fourth-order valence-corrected chi connectivity index (χ4v) is 5.51. The first kappa shape index (κ1) is 21.8. The zero-order chi connectivity index (χ0) is 21.3. The van der Waals surface area contributed by atoms with Crippen LogP contribution in [-0.2, 0) is 34.5 Å². The molecule has 2 aromatic rings. The molecule has 1 aliphatic carbocycles. The number of rotatable bonds is 6. The minimum Gasteiger partial charge on any atom is -0.497 e. The predicted octanol–water partition coefficient (Wildman–Crippen LogP) is 3.87. The molecule has 1 aliphatic heterocycles. The highest BCUT2D eigenvalue weighted by Gasteiger charge is 2.45. The molecule has 0 spiro atoms. The van der Waals surface area contributed by atoms with E-state index in [0.29, 0.717) is 12.8 Å². The van der Waals surface area contributed by atoms with Crippen LogP contribution in [0.2, 0.25) is 0 Å². The summed E-state index contributed by atoms with van der Waals surface area (Å²) in [5, 5.41) is 20.2. The topological polar surface area (TPSA) is 68.2 Å². The number of hydrogen-bond acceptors (Lipinski definition) is 5. The summed E-state index contributed by atoms with van der Waals surface area (Å²) >= 11 is 3.86. The van der Waals surface area contributed by atoms with E-state index in [1.165, 1.54) is 16.7 Å². The van der Waals surface area contributed by atoms with Gasteiger partial charge in [-0.2, -0.15) is 0 Å². The summed E-state index contributed by atoms with van der Waals surface area (Å²) in [4.78, 5) is 0. The third kappa shape index (κ3) is 4.04. The summed E-state index contributed by atoms with van der Waals surface area (Å²) in [6, 6.07) is 10.3. The Labute approximate surface area is 186 Å². The maximum atomic E-state index is 10.5. The lowest BCUT2D eigenvalue weighted by atomic mass is 9.86. The lowest BCUT2D eigenvalue weighted by Crippen LogP contribution is -2.47. The first-order valence-electron chi connectivity index (χ1n) is 10.5. The lowest BCUT2D eigenvalue weighted by Gasteiger charge is -2.43. The van der Waals surface area contributed by atoms with E-state index in [1.807, 2.05) is 12.1 Å². The van der Waals surface area contributed by atoms with E-state index in [2.05, 4.69) is 34.1 Å². The van der Waals surface area contributed by atoms with Crippen LogP contribution in [0.1, 0.15) is 47.1 Å². The van der Waals surface area contributed by atoms with E-state index in [4.69, 9.17) is 14.2 Å². The molecule has 5 nitrogen and oxygen atoms in total. The van der Waals surface area contributed by atoms with Crippen LogP contribution in [0, 0.1) is 0 Å². The Balaban J connectivity index is 1.77. The number of hydrogen-bond donors (Lipinski definition) is 2. The molecular formula is C24H29BrO5. The van der Waals surface area contributed by atoms with Crippen LogP contribution in [0.25, 0.3) is 0 Å². The van der Waals surface area contributed by atoms with Gasteiger partial charge in [-0.25, -0.2) is 0 Å². The van der Waals surface area contributed by atoms with Gasteiger partial charge in [0.15, 0.2) is 5.79 Å². The summed E-state index contributed by atoms with van der Waals surface area (Å²) in [6.45, 7) is -0.139. The van der Waals surface area contributed by atoms with Gasteiger partial charge in [-0.15, -0.1) is 0 Å². The van der Waals surface area contributed by atoms with Crippen LogP contribution < -0.4 is 4.74 Å². The molecule has 162 valence electrons. The van der Waals surface area contributed by atoms with Crippen LogP contribution in [-0.4, -0.2) is 43.2 Å². The predicted molar refractivity (Wildman–Crippen MR) is 118 cm³/mol. The van der Waals surface area contributed by atoms with Gasteiger partial charge in [0.25, 0.3) is 0 Å². The van der Waals surface area contributed by atoms with Gasteiger partial charge in [-0.1, -0.05) is 28.1 Å². The van der Waals surface area contributed by atoms with E-state index >= 15 is 0 Å². The van der Waals surface area contributed by atoms with Gasteiger partial charge in [-0.05, 0) is 66.1 Å². The quantitative estimate of drug-likeness (QED) is 0.662. The number of aliphatic hydroxyl groups is 2. The molecule has 1 fully saturated rings. The highest BCUT2D eigenvalue weighted by molar-refractivity contribution is 9.10. The second-order valence-electron chi connectivity index (χ2n) is 8.21. The summed E-state index contributed by atoms with van der Waals surface area (Å²) in [5.41, 5.74) is 5.88. The molecule has 0 bridgehead atoms. The number of halogens is 1. The zero-order valence-corrected chi connectivity index (χ0v) is 19.1. The molecule has 0 aromatic heterocycles. The van der Waals surface area contributed by atoms with Gasteiger partial charge in [0.2, 0.25) is 0 Å². The molecule has 6 heteroatoms. The van der Waals surface area contributed by atoms with E-state index < -0.39 is 18.0 Å². The van der Waals surface area contributed by atoms with Crippen molar-refractivity contribution in [1.82, 2.24) is 0 Å². The summed E-state index contributed by atoms with van der Waals surface area (Å²) in [5.74, 6) is -0.208. The molecule has 1 heterocycles. The maximum absolute atomic E-state index is 10.5. The molecule has 0 amide bonds. The molecule has 2 aromatic carbocycles. The third-order valence-electron chi connectivity index (χ3n) is 6.30. The number of aliphatic hydroxyl groups excluding tert-OH is 2. The first-order valence-corrected chi connectivity index (χ1v) is 11.3. The van der Waals surface area contributed by atoms with Crippen molar-refractivity contribution in [2.24, 2.45) is 0 Å². The normalized spacial score (nSPS) is 25.9. The van der Waals surface area contributed by atoms with Crippen molar-refractivity contribution in [3.63, 3.8) is 0 Å². The molecular weight excluding hydrogens is 448 g/mol. The Morgan fingerprint density at radius 1 is 1.17 bits per heavy atom. The highest BCUT2D eigenvalue weighted by atomic mass is 79.9. The van der Waals surface area contributed by atoms with Gasteiger partial charge in [0.1, 0.15) is 5.75 Å². The molecule has 30 heavy (non-hydrogen) atoms. The first-order chi connectivity index (χ1) is 14.5. The van der Waals surface area contributed by atoms with Crippen molar-refractivity contribution >= 4 is 15.9 Å². The Morgan fingerprint density at radius 3 is 2.57 bits per heavy atom. The fourth-order valence-electron chi connectivity index (χ4n) is 4.82. The number of methoxy groups -OCH3 is 2. The third-order valence-corrected chi connectivity index (χ3v) is 7.29. The number of ether oxygens (including phenoxy) is 3. The van der Waals surface area contributed by atoms with E-state index in [9.17, 15) is 10.2 Å². The monoisotopic (exact) mass is 476 g/mol. The van der Waals surface area contributed by atoms with Crippen LogP contribution in [0.4, 0.5) is 0 Å². The summed E-state index contributed by atoms with van der Waals surface area (Å²) < 4.78 is 18.6. The second-order valence-corrected chi connectivity index (χ2v) is 9.00. The maximum Gasteiger partial charge on any atom is 0.197 e. The summed E-state index contributed by atoms with van der Waals surface area (Å²) in [6.07, 6.45) is 3.55. The van der Waals surface area contributed by atoms with Gasteiger partial charge in [0, 0.05) is 30.0 Å². The molecule has 0 saturated carbocycles. The minimum atomic E-state index is -1.05. The zero-order valence-electron chi connectivity index (χ0n) is 17.5. The number of fused-ring (bicyclic) bond motifs is 1. The van der Waals surface area contributed by atoms with Gasteiger partial charge in [-0.3, -0.25) is 0 Å². The average Bonchev–Trinajstić information content (AvgIpc) is 3.26. The van der Waals surface area contributed by atoms with Crippen LogP contribution >= 0.6 is 15.9 Å². The van der Waals surface area contributed by atoms with Crippen molar-refractivity contribution in [3.8, 4) is 5.75 Å². The van der Waals surface area contributed by atoms with Crippen molar-refractivity contribution < 1.29 is 24.4 Å². The van der Waals surface area contributed by atoms with Crippen LogP contribution in [0.15, 0.2) is 34.8 Å². The average molecular weight is 477 g/mol. The minimum absolute atomic E-state index is 0.139. The van der Waals surface area contributed by atoms with Crippen LogP contribution in [0.5, 0.6) is 5.75 Å². The van der Waals surface area contributed by atoms with E-state index in [1.54, 1.807) is 14.2 Å². The van der Waals surface area contributed by atoms with Crippen molar-refractivity contribution in [3.05, 3.63) is 62.6 Å². The van der Waals surface area contributed by atoms with Gasteiger partial charge < -0.3 is 24.4 Å². The standard InChI is InChI=1S/C24H29BrO5/c1-28-18-8-6-15(7-9-18)10-16-11-22(20-4-3-5-21(20)23(16)25)24(29-2)13-17(27)12-19(14-26)30-24/h6-9,11,17,19,26-27H,3-5,10,12-14H2,1-2H3. The Kier molecular flexibility index (Phi) is 6.51. The smallest absolute Gasteiger partial charge is 0.197 e. The van der Waals surface area contributed by atoms with Crippen molar-refractivity contribution in [2.75, 3.05) is 20.8 Å². The molecule has 1 saturated heterocycles. The number of benzene rings is 2. The van der Waals surface area contributed by atoms with E-state index in [-0.39, 0.29) is 6.61 Å². The second kappa shape index (κ2) is 8.97. The Bertz CT molecular complexity index is 897. The van der Waals surface area contributed by atoms with E-state index in [0.717, 1.165) is 47.0 Å². The molecule has 2 aliphatic rings. The molecule has 2 N–H and O–H groups in total.